The molecule has 0 fully saturated rings. The van der Waals surface area contributed by atoms with Gasteiger partial charge in [0.1, 0.15) is 6.10 Å². The van der Waals surface area contributed by atoms with E-state index in [4.69, 9.17) is 4.43 Å². The average molecular weight is 353 g/mol. The van der Waals surface area contributed by atoms with Gasteiger partial charge in [0, 0.05) is 13.0 Å². The van der Waals surface area contributed by atoms with Crippen LogP contribution in [0.25, 0.3) is 0 Å². The first-order valence-electron chi connectivity index (χ1n) is 8.77. The summed E-state index contributed by atoms with van der Waals surface area (Å²) in [5.41, 5.74) is 0. The number of aliphatic hydroxyl groups is 1. The molecule has 0 saturated carbocycles. The molecule has 0 saturated heterocycles. The van der Waals surface area contributed by atoms with E-state index in [9.17, 15) is 5.11 Å². The van der Waals surface area contributed by atoms with E-state index in [1.165, 1.54) is 10.4 Å². The maximum Gasteiger partial charge on any atom is 0.261 e. The minimum absolute atomic E-state index is 0.0445. The van der Waals surface area contributed by atoms with Gasteiger partial charge in [-0.25, -0.2) is 0 Å². The molecule has 0 heterocycles. The van der Waals surface area contributed by atoms with Gasteiger partial charge in [-0.15, -0.1) is 5.92 Å². The van der Waals surface area contributed by atoms with E-state index in [2.05, 4.69) is 81.1 Å². The molecule has 3 heteroatoms. The Labute approximate surface area is 153 Å². The van der Waals surface area contributed by atoms with Crippen molar-refractivity contribution >= 4 is 18.7 Å². The lowest BCUT2D eigenvalue weighted by Gasteiger charge is -2.43. The minimum atomic E-state index is -2.50. The Kier molecular flexibility index (Phi) is 6.61. The maximum atomic E-state index is 9.95. The molecule has 1 atom stereocenters. The van der Waals surface area contributed by atoms with E-state index in [1.807, 2.05) is 12.1 Å². The second-order valence-corrected chi connectivity index (χ2v) is 11.5. The van der Waals surface area contributed by atoms with E-state index in [0.717, 1.165) is 0 Å². The molecule has 1 N–H and O–H groups in total. The molecule has 25 heavy (non-hydrogen) atoms. The molecule has 132 valence electrons. The van der Waals surface area contributed by atoms with Crippen LogP contribution in [0, 0.1) is 11.8 Å². The molecule has 0 spiro atoms. The summed E-state index contributed by atoms with van der Waals surface area (Å²) in [6.45, 7) is 8.99. The predicted octanol–water partition coefficient (Wildman–Crippen LogP) is 3.34. The molecule has 0 aliphatic carbocycles. The molecule has 2 rings (SSSR count). The van der Waals surface area contributed by atoms with Gasteiger partial charge in [0.25, 0.3) is 8.32 Å². The van der Waals surface area contributed by atoms with Gasteiger partial charge in [-0.05, 0) is 22.3 Å². The van der Waals surface area contributed by atoms with Crippen LogP contribution >= 0.6 is 0 Å². The molecule has 0 aliphatic rings. The highest BCUT2D eigenvalue weighted by Crippen LogP contribution is 2.36. The quantitative estimate of drug-likeness (QED) is 0.638. The maximum absolute atomic E-state index is 9.95. The van der Waals surface area contributed by atoms with Crippen molar-refractivity contribution in [2.45, 2.75) is 45.3 Å². The molecule has 2 aromatic carbocycles. The van der Waals surface area contributed by atoms with Gasteiger partial charge >= 0.3 is 0 Å². The zero-order chi connectivity index (χ0) is 18.3. The summed E-state index contributed by atoms with van der Waals surface area (Å²) in [4.78, 5) is 0. The first kappa shape index (κ1) is 19.5. The number of hydrogen-bond donors (Lipinski definition) is 1. The van der Waals surface area contributed by atoms with Crippen LogP contribution in [0.2, 0.25) is 5.04 Å². The minimum Gasteiger partial charge on any atom is -0.407 e. The van der Waals surface area contributed by atoms with Crippen LogP contribution in [0.15, 0.2) is 60.7 Å². The summed E-state index contributed by atoms with van der Waals surface area (Å²) < 4.78 is 6.69. The lowest BCUT2D eigenvalue weighted by Crippen LogP contribution is -2.66. The van der Waals surface area contributed by atoms with Crippen molar-refractivity contribution in [2.75, 3.05) is 6.61 Å². The third-order valence-electron chi connectivity index (χ3n) is 4.44. The van der Waals surface area contributed by atoms with Gasteiger partial charge in [-0.1, -0.05) is 87.4 Å². The summed E-state index contributed by atoms with van der Waals surface area (Å²) in [6.07, 6.45) is -0.117. The number of aliphatic hydroxyl groups excluding tert-OH is 1. The molecule has 0 aliphatic heterocycles. The van der Waals surface area contributed by atoms with Gasteiger partial charge in [-0.3, -0.25) is 0 Å². The van der Waals surface area contributed by atoms with Crippen LogP contribution in [-0.4, -0.2) is 26.1 Å². The first-order chi connectivity index (χ1) is 11.9. The van der Waals surface area contributed by atoms with E-state index in [0.29, 0.717) is 13.0 Å². The summed E-state index contributed by atoms with van der Waals surface area (Å²) >= 11 is 0. The average Bonchev–Trinajstić information content (AvgIpc) is 2.59. The monoisotopic (exact) mass is 352 g/mol. The highest BCUT2D eigenvalue weighted by Gasteiger charge is 2.49. The smallest absolute Gasteiger partial charge is 0.261 e. The molecule has 1 unspecified atom stereocenters. The molecule has 0 radical (unpaired) electrons. The Hall–Kier alpha value is -1.86. The van der Waals surface area contributed by atoms with Crippen LogP contribution in [0.1, 0.15) is 34.1 Å². The zero-order valence-electron chi connectivity index (χ0n) is 15.6. The van der Waals surface area contributed by atoms with E-state index < -0.39 is 14.4 Å². The van der Waals surface area contributed by atoms with Crippen molar-refractivity contribution in [3.8, 4) is 11.8 Å². The van der Waals surface area contributed by atoms with Crippen molar-refractivity contribution in [3.63, 3.8) is 0 Å². The SMILES string of the molecule is CC#CC(O)CCO[Si](c1ccccc1)(c1ccccc1)C(C)(C)C. The summed E-state index contributed by atoms with van der Waals surface area (Å²) in [5.74, 6) is 5.56. The second-order valence-electron chi connectivity index (χ2n) is 7.21. The molecule has 0 bridgehead atoms. The van der Waals surface area contributed by atoms with Crippen LogP contribution in [0.3, 0.4) is 0 Å². The van der Waals surface area contributed by atoms with Gasteiger partial charge in [0.05, 0.1) is 0 Å². The molecule has 2 aromatic rings. The van der Waals surface area contributed by atoms with Crippen molar-refractivity contribution in [2.24, 2.45) is 0 Å². The van der Waals surface area contributed by atoms with Crippen LogP contribution in [0.4, 0.5) is 0 Å². The van der Waals surface area contributed by atoms with Crippen LogP contribution < -0.4 is 10.4 Å². The first-order valence-corrected chi connectivity index (χ1v) is 10.7. The zero-order valence-corrected chi connectivity index (χ0v) is 16.6. The Morgan fingerprint density at radius 1 is 0.960 bits per heavy atom. The highest BCUT2D eigenvalue weighted by molar-refractivity contribution is 6.99. The topological polar surface area (TPSA) is 29.5 Å². The van der Waals surface area contributed by atoms with Gasteiger partial charge < -0.3 is 9.53 Å². The Morgan fingerprint density at radius 2 is 1.44 bits per heavy atom. The molecular weight excluding hydrogens is 324 g/mol. The molecule has 0 amide bonds. The van der Waals surface area contributed by atoms with E-state index in [1.54, 1.807) is 6.92 Å². The number of benzene rings is 2. The van der Waals surface area contributed by atoms with Gasteiger partial charge in [0.2, 0.25) is 0 Å². The lowest BCUT2D eigenvalue weighted by molar-refractivity contribution is 0.181. The fourth-order valence-electron chi connectivity index (χ4n) is 3.32. The van der Waals surface area contributed by atoms with Crippen molar-refractivity contribution in [3.05, 3.63) is 60.7 Å². The highest BCUT2D eigenvalue weighted by atomic mass is 28.4. The fourth-order valence-corrected chi connectivity index (χ4v) is 7.90. The Morgan fingerprint density at radius 3 is 1.84 bits per heavy atom. The van der Waals surface area contributed by atoms with Crippen LogP contribution in [0.5, 0.6) is 0 Å². The lowest BCUT2D eigenvalue weighted by atomic mass is 10.2. The largest absolute Gasteiger partial charge is 0.407 e. The van der Waals surface area contributed by atoms with Crippen molar-refractivity contribution in [1.29, 1.82) is 0 Å². The van der Waals surface area contributed by atoms with Gasteiger partial charge in [-0.2, -0.15) is 0 Å². The third-order valence-corrected chi connectivity index (χ3v) is 9.48. The summed E-state index contributed by atoms with van der Waals surface area (Å²) in [6, 6.07) is 21.1. The second kappa shape index (κ2) is 8.49. The fraction of sp³-hybridized carbons (Fsp3) is 0.364. The Bertz CT molecular complexity index is 669. The standard InChI is InChI=1S/C22H28O2Si/c1-5-12-19(23)17-18-24-25(22(2,3)4,20-13-8-6-9-14-20)21-15-10-7-11-16-21/h6-11,13-16,19,23H,17-18H2,1-4H3. The summed E-state index contributed by atoms with van der Waals surface area (Å²) in [7, 11) is -2.50. The molecular formula is C22H28O2Si. The van der Waals surface area contributed by atoms with Crippen LogP contribution in [-0.2, 0) is 4.43 Å². The Balaban J connectivity index is 2.47. The normalized spacial score (nSPS) is 13.0. The molecule has 2 nitrogen and oxygen atoms in total. The predicted molar refractivity (Wildman–Crippen MR) is 108 cm³/mol. The van der Waals surface area contributed by atoms with Crippen molar-refractivity contribution < 1.29 is 9.53 Å². The van der Waals surface area contributed by atoms with E-state index in [-0.39, 0.29) is 5.04 Å². The number of hydrogen-bond acceptors (Lipinski definition) is 2. The summed E-state index contributed by atoms with van der Waals surface area (Å²) in [5, 5.41) is 12.4. The van der Waals surface area contributed by atoms with Crippen molar-refractivity contribution in [1.82, 2.24) is 0 Å². The number of rotatable bonds is 6. The van der Waals surface area contributed by atoms with Gasteiger partial charge in [0.15, 0.2) is 0 Å². The van der Waals surface area contributed by atoms with E-state index >= 15 is 0 Å². The molecule has 0 aromatic heterocycles. The third kappa shape index (κ3) is 4.41.